The minimum Gasteiger partial charge on any atom is -0.481 e. The smallest absolute Gasteiger partial charge is 0.309 e. The van der Waals surface area contributed by atoms with E-state index in [1.807, 2.05) is 5.32 Å². The molecule has 1 fully saturated rings. The first-order valence-corrected chi connectivity index (χ1v) is 11.5. The Hall–Kier alpha value is -3.71. The van der Waals surface area contributed by atoms with Crippen LogP contribution in [0.5, 0.6) is 5.75 Å². The zero-order chi connectivity index (χ0) is 27.7. The lowest BCUT2D eigenvalue weighted by Crippen LogP contribution is -2.53. The molecule has 0 saturated heterocycles. The molecular formula is C23H27F4N3O7. The molecule has 0 unspecified atom stereocenters. The van der Waals surface area contributed by atoms with Gasteiger partial charge in [0.05, 0.1) is 6.42 Å². The van der Waals surface area contributed by atoms with Crippen molar-refractivity contribution >= 4 is 29.5 Å². The SMILES string of the molecule is C[C@H](NC(=O)C(=O)NCCC1CCCC1)C(=O)N[C@@H](CC(=O)O)C(=O)COc1c(F)c(F)cc(F)c1F. The van der Waals surface area contributed by atoms with Crippen molar-refractivity contribution in [2.24, 2.45) is 5.92 Å². The van der Waals surface area contributed by atoms with Gasteiger partial charge in [0.1, 0.15) is 18.7 Å². The van der Waals surface area contributed by atoms with Gasteiger partial charge >= 0.3 is 17.8 Å². The predicted octanol–water partition coefficient (Wildman–Crippen LogP) is 1.35. The average Bonchev–Trinajstić information content (AvgIpc) is 3.35. The molecule has 1 aliphatic carbocycles. The lowest BCUT2D eigenvalue weighted by Gasteiger charge is -2.20. The Bertz CT molecular complexity index is 1020. The fourth-order valence-electron chi connectivity index (χ4n) is 3.74. The van der Waals surface area contributed by atoms with E-state index in [0.717, 1.165) is 32.6 Å². The summed E-state index contributed by atoms with van der Waals surface area (Å²) in [6.45, 7) is 0.195. The Morgan fingerprint density at radius 3 is 2.16 bits per heavy atom. The predicted molar refractivity (Wildman–Crippen MR) is 118 cm³/mol. The Morgan fingerprint density at radius 1 is 1.00 bits per heavy atom. The van der Waals surface area contributed by atoms with Crippen molar-refractivity contribution in [2.75, 3.05) is 13.2 Å². The molecule has 3 amide bonds. The molecule has 1 aromatic carbocycles. The van der Waals surface area contributed by atoms with Gasteiger partial charge < -0.3 is 25.8 Å². The second kappa shape index (κ2) is 13.6. The van der Waals surface area contributed by atoms with Gasteiger partial charge in [-0.25, -0.2) is 8.78 Å². The third kappa shape index (κ3) is 8.72. The van der Waals surface area contributed by atoms with Gasteiger partial charge in [0.25, 0.3) is 0 Å². The zero-order valence-electron chi connectivity index (χ0n) is 19.9. The van der Waals surface area contributed by atoms with Crippen molar-refractivity contribution in [3.8, 4) is 5.75 Å². The number of ketones is 1. The van der Waals surface area contributed by atoms with Crippen molar-refractivity contribution < 1.29 is 51.4 Å². The van der Waals surface area contributed by atoms with Gasteiger partial charge in [-0.3, -0.25) is 24.0 Å². The molecule has 0 spiro atoms. The number of Topliss-reactive ketones (excluding diaryl/α,β-unsaturated/α-hetero) is 1. The Balaban J connectivity index is 1.92. The highest BCUT2D eigenvalue weighted by Gasteiger charge is 2.29. The number of halogens is 4. The summed E-state index contributed by atoms with van der Waals surface area (Å²) in [5, 5.41) is 15.6. The number of carbonyl (C=O) groups is 5. The third-order valence-corrected chi connectivity index (χ3v) is 5.77. The van der Waals surface area contributed by atoms with Crippen LogP contribution in [-0.4, -0.2) is 59.8 Å². The standard InChI is InChI=1S/C23H27F4N3O7/c1-11(29-23(36)22(35)28-7-6-12-4-2-3-5-12)21(34)30-15(9-17(32)33)16(31)10-37-20-18(26)13(24)8-14(25)19(20)27/h8,11-12,15H,2-7,9-10H2,1H3,(H,28,35)(H,29,36)(H,30,34)(H,32,33)/t11-,15-/m0/s1. The van der Waals surface area contributed by atoms with Gasteiger partial charge in [0.2, 0.25) is 17.5 Å². The van der Waals surface area contributed by atoms with Gasteiger partial charge in [-0.2, -0.15) is 8.78 Å². The third-order valence-electron chi connectivity index (χ3n) is 5.77. The number of carboxylic acid groups (broad SMARTS) is 1. The Labute approximate surface area is 209 Å². The van der Waals surface area contributed by atoms with Crippen LogP contribution in [0.1, 0.15) is 45.4 Å². The van der Waals surface area contributed by atoms with E-state index in [0.29, 0.717) is 12.3 Å². The van der Waals surface area contributed by atoms with E-state index in [9.17, 15) is 41.5 Å². The number of hydrogen-bond acceptors (Lipinski definition) is 6. The highest BCUT2D eigenvalue weighted by Crippen LogP contribution is 2.27. The molecule has 204 valence electrons. The first-order valence-electron chi connectivity index (χ1n) is 11.5. The van der Waals surface area contributed by atoms with Crippen molar-refractivity contribution in [1.29, 1.82) is 0 Å². The van der Waals surface area contributed by atoms with Crippen LogP contribution in [0.25, 0.3) is 0 Å². The second-order valence-electron chi connectivity index (χ2n) is 8.60. The molecule has 0 aromatic heterocycles. The largest absolute Gasteiger partial charge is 0.481 e. The molecule has 0 radical (unpaired) electrons. The number of nitrogens with one attached hydrogen (secondary N) is 3. The molecule has 2 atom stereocenters. The van der Waals surface area contributed by atoms with E-state index in [4.69, 9.17) is 5.11 Å². The summed E-state index contributed by atoms with van der Waals surface area (Å²) in [5.74, 6) is -14.4. The lowest BCUT2D eigenvalue weighted by molar-refractivity contribution is -0.142. The number of hydrogen-bond donors (Lipinski definition) is 4. The molecular weight excluding hydrogens is 506 g/mol. The molecule has 10 nitrogen and oxygen atoms in total. The summed E-state index contributed by atoms with van der Waals surface area (Å²) >= 11 is 0. The molecule has 14 heteroatoms. The fraction of sp³-hybridized carbons (Fsp3) is 0.522. The quantitative estimate of drug-likeness (QED) is 0.180. The topological polar surface area (TPSA) is 151 Å². The molecule has 4 N–H and O–H groups in total. The number of carboxylic acids is 1. The summed E-state index contributed by atoms with van der Waals surface area (Å²) in [4.78, 5) is 59.9. The Morgan fingerprint density at radius 2 is 1.59 bits per heavy atom. The van der Waals surface area contributed by atoms with E-state index < -0.39 is 83.6 Å². The first-order chi connectivity index (χ1) is 17.4. The number of benzene rings is 1. The minimum atomic E-state index is -1.91. The molecule has 1 saturated carbocycles. The maximum atomic E-state index is 13.7. The summed E-state index contributed by atoms with van der Waals surface area (Å²) in [6, 6.07) is -3.25. The summed E-state index contributed by atoms with van der Waals surface area (Å²) in [6.07, 6.45) is 4.10. The number of rotatable bonds is 12. The molecule has 0 heterocycles. The molecule has 1 aromatic rings. The molecule has 0 bridgehead atoms. The van der Waals surface area contributed by atoms with Gasteiger partial charge in [-0.05, 0) is 19.3 Å². The number of ether oxygens (including phenoxy) is 1. The summed E-state index contributed by atoms with van der Waals surface area (Å²) in [7, 11) is 0. The average molecular weight is 533 g/mol. The molecule has 0 aliphatic heterocycles. The number of aliphatic carboxylic acids is 1. The van der Waals surface area contributed by atoms with Crippen LogP contribution < -0.4 is 20.7 Å². The van der Waals surface area contributed by atoms with Gasteiger partial charge in [-0.1, -0.05) is 25.7 Å². The lowest BCUT2D eigenvalue weighted by atomic mass is 10.0. The molecule has 2 rings (SSSR count). The highest BCUT2D eigenvalue weighted by atomic mass is 19.2. The summed E-state index contributed by atoms with van der Waals surface area (Å²) < 4.78 is 58.5. The van der Waals surface area contributed by atoms with Crippen molar-refractivity contribution in [1.82, 2.24) is 16.0 Å². The summed E-state index contributed by atoms with van der Waals surface area (Å²) in [5.41, 5.74) is 0. The van der Waals surface area contributed by atoms with Crippen LogP contribution in [0, 0.1) is 29.2 Å². The van der Waals surface area contributed by atoms with Crippen LogP contribution in [-0.2, 0) is 24.0 Å². The van der Waals surface area contributed by atoms with Gasteiger partial charge in [0.15, 0.2) is 23.2 Å². The number of carbonyl (C=O) groups excluding carboxylic acids is 4. The molecule has 1 aliphatic rings. The van der Waals surface area contributed by atoms with E-state index in [2.05, 4.69) is 15.4 Å². The van der Waals surface area contributed by atoms with Crippen LogP contribution in [0.15, 0.2) is 6.07 Å². The fourth-order valence-corrected chi connectivity index (χ4v) is 3.74. The normalized spacial score (nSPS) is 14.9. The maximum absolute atomic E-state index is 13.7. The van der Waals surface area contributed by atoms with Crippen molar-refractivity contribution in [2.45, 2.75) is 57.5 Å². The monoisotopic (exact) mass is 533 g/mol. The van der Waals surface area contributed by atoms with E-state index in [1.54, 1.807) is 0 Å². The second-order valence-corrected chi connectivity index (χ2v) is 8.60. The molecule has 37 heavy (non-hydrogen) atoms. The van der Waals surface area contributed by atoms with Crippen LogP contribution in [0.3, 0.4) is 0 Å². The van der Waals surface area contributed by atoms with Gasteiger partial charge in [0, 0.05) is 12.6 Å². The van der Waals surface area contributed by atoms with Crippen molar-refractivity contribution in [3.63, 3.8) is 0 Å². The van der Waals surface area contributed by atoms with Crippen LogP contribution >= 0.6 is 0 Å². The van der Waals surface area contributed by atoms with E-state index in [-0.39, 0.29) is 12.6 Å². The van der Waals surface area contributed by atoms with Crippen molar-refractivity contribution in [3.05, 3.63) is 29.3 Å². The highest BCUT2D eigenvalue weighted by molar-refractivity contribution is 6.35. The maximum Gasteiger partial charge on any atom is 0.309 e. The van der Waals surface area contributed by atoms with Gasteiger partial charge in [-0.15, -0.1) is 0 Å². The first kappa shape index (κ1) is 29.5. The Kier molecular flexibility index (Phi) is 10.8. The zero-order valence-corrected chi connectivity index (χ0v) is 19.9. The number of amides is 3. The van der Waals surface area contributed by atoms with E-state index >= 15 is 0 Å². The van der Waals surface area contributed by atoms with Crippen LogP contribution in [0.2, 0.25) is 0 Å². The van der Waals surface area contributed by atoms with E-state index in [1.165, 1.54) is 0 Å². The minimum absolute atomic E-state index is 0.0710. The van der Waals surface area contributed by atoms with Crippen LogP contribution in [0.4, 0.5) is 17.6 Å².